The van der Waals surface area contributed by atoms with Gasteiger partial charge in [0.05, 0.1) is 11.1 Å². The smallest absolute Gasteiger partial charge is 0.399 e. The third-order valence-electron chi connectivity index (χ3n) is 2.66. The van der Waals surface area contributed by atoms with Crippen LogP contribution in [-0.4, -0.2) is 5.91 Å². The van der Waals surface area contributed by atoms with Gasteiger partial charge in [0, 0.05) is 11.4 Å². The van der Waals surface area contributed by atoms with Crippen molar-refractivity contribution in [1.82, 2.24) is 0 Å². The van der Waals surface area contributed by atoms with Crippen molar-refractivity contribution >= 4 is 17.3 Å². The Balaban J connectivity index is 2.33. The lowest BCUT2D eigenvalue weighted by atomic mass is 10.1. The van der Waals surface area contributed by atoms with E-state index in [4.69, 9.17) is 5.73 Å². The first-order valence-corrected chi connectivity index (χ1v) is 5.81. The highest BCUT2D eigenvalue weighted by molar-refractivity contribution is 6.05. The predicted molar refractivity (Wildman–Crippen MR) is 70.2 cm³/mol. The van der Waals surface area contributed by atoms with Crippen LogP contribution in [0.5, 0.6) is 0 Å². The molecular weight excluding hydrogens is 288 g/mol. The third kappa shape index (κ3) is 3.50. The summed E-state index contributed by atoms with van der Waals surface area (Å²) in [4.78, 5) is 11.9. The fraction of sp³-hybridized carbons (Fsp3) is 0.0714. The van der Waals surface area contributed by atoms with E-state index in [9.17, 15) is 22.4 Å². The molecule has 110 valence electrons. The van der Waals surface area contributed by atoms with Crippen molar-refractivity contribution in [3.8, 4) is 0 Å². The number of hydrogen-bond acceptors (Lipinski definition) is 2. The Hall–Kier alpha value is -2.57. The van der Waals surface area contributed by atoms with Crippen LogP contribution in [0.15, 0.2) is 42.5 Å². The standard InChI is InChI=1S/C14H10F4N2O/c15-8-5-9(19)7-10(6-8)20-13(21)11-3-1-2-4-12(11)14(16,17)18/h1-7H,19H2,(H,20,21). The first-order chi connectivity index (χ1) is 9.77. The number of hydrogen-bond donors (Lipinski definition) is 2. The predicted octanol–water partition coefficient (Wildman–Crippen LogP) is 3.68. The maximum absolute atomic E-state index is 13.1. The molecule has 0 spiro atoms. The third-order valence-corrected chi connectivity index (χ3v) is 2.66. The van der Waals surface area contributed by atoms with E-state index in [-0.39, 0.29) is 11.4 Å². The molecule has 21 heavy (non-hydrogen) atoms. The van der Waals surface area contributed by atoms with Gasteiger partial charge in [0.1, 0.15) is 5.82 Å². The minimum absolute atomic E-state index is 0.0190. The first kappa shape index (κ1) is 14.8. The van der Waals surface area contributed by atoms with E-state index >= 15 is 0 Å². The number of nitrogens with one attached hydrogen (secondary N) is 1. The second-order valence-electron chi connectivity index (χ2n) is 4.27. The molecule has 0 aliphatic heterocycles. The molecule has 1 amide bonds. The summed E-state index contributed by atoms with van der Waals surface area (Å²) >= 11 is 0. The topological polar surface area (TPSA) is 55.1 Å². The minimum atomic E-state index is -4.66. The van der Waals surface area contributed by atoms with E-state index < -0.39 is 29.0 Å². The monoisotopic (exact) mass is 298 g/mol. The Morgan fingerprint density at radius 2 is 1.76 bits per heavy atom. The number of amides is 1. The zero-order chi connectivity index (χ0) is 15.6. The van der Waals surface area contributed by atoms with Gasteiger partial charge in [-0.2, -0.15) is 13.2 Å². The molecule has 0 bridgehead atoms. The molecule has 0 aromatic heterocycles. The summed E-state index contributed by atoms with van der Waals surface area (Å²) in [5.41, 5.74) is 3.82. The quantitative estimate of drug-likeness (QED) is 0.656. The van der Waals surface area contributed by atoms with Gasteiger partial charge in [-0.3, -0.25) is 4.79 Å². The van der Waals surface area contributed by atoms with Gasteiger partial charge in [0.15, 0.2) is 0 Å². The van der Waals surface area contributed by atoms with Gasteiger partial charge in [-0.15, -0.1) is 0 Å². The van der Waals surface area contributed by atoms with Crippen LogP contribution >= 0.6 is 0 Å². The Labute approximate surface area is 117 Å². The van der Waals surface area contributed by atoms with Crippen LogP contribution in [0.4, 0.5) is 28.9 Å². The van der Waals surface area contributed by atoms with Gasteiger partial charge in [-0.05, 0) is 30.3 Å². The zero-order valence-electron chi connectivity index (χ0n) is 10.5. The molecule has 0 aliphatic carbocycles. The number of anilines is 2. The van der Waals surface area contributed by atoms with Gasteiger partial charge >= 0.3 is 6.18 Å². The Kier molecular flexibility index (Phi) is 3.84. The van der Waals surface area contributed by atoms with Gasteiger partial charge in [-0.25, -0.2) is 4.39 Å². The Morgan fingerprint density at radius 1 is 1.10 bits per heavy atom. The average molecular weight is 298 g/mol. The molecule has 0 saturated carbocycles. The molecule has 0 unspecified atom stereocenters. The van der Waals surface area contributed by atoms with E-state index in [1.165, 1.54) is 18.2 Å². The molecule has 3 N–H and O–H groups in total. The molecule has 2 aromatic carbocycles. The van der Waals surface area contributed by atoms with E-state index in [1.807, 2.05) is 0 Å². The number of halogens is 4. The van der Waals surface area contributed by atoms with Gasteiger partial charge in [-0.1, -0.05) is 12.1 Å². The van der Waals surface area contributed by atoms with Crippen LogP contribution in [0.1, 0.15) is 15.9 Å². The lowest BCUT2D eigenvalue weighted by molar-refractivity contribution is -0.137. The van der Waals surface area contributed by atoms with Crippen molar-refractivity contribution in [2.24, 2.45) is 0 Å². The lowest BCUT2D eigenvalue weighted by Gasteiger charge is -2.13. The maximum atomic E-state index is 13.1. The van der Waals surface area contributed by atoms with Gasteiger partial charge in [0.25, 0.3) is 5.91 Å². The van der Waals surface area contributed by atoms with Gasteiger partial charge < -0.3 is 11.1 Å². The summed E-state index contributed by atoms with van der Waals surface area (Å²) in [6, 6.07) is 7.57. The second-order valence-corrected chi connectivity index (χ2v) is 4.27. The summed E-state index contributed by atoms with van der Waals surface area (Å²) in [5.74, 6) is -1.69. The largest absolute Gasteiger partial charge is 0.417 e. The molecule has 0 aliphatic rings. The molecule has 0 saturated heterocycles. The molecule has 0 heterocycles. The fourth-order valence-corrected chi connectivity index (χ4v) is 1.81. The SMILES string of the molecule is Nc1cc(F)cc(NC(=O)c2ccccc2C(F)(F)F)c1. The molecule has 2 aromatic rings. The molecule has 3 nitrogen and oxygen atoms in total. The second kappa shape index (κ2) is 5.43. The van der Waals surface area contributed by atoms with Gasteiger partial charge in [0.2, 0.25) is 0 Å². The summed E-state index contributed by atoms with van der Waals surface area (Å²) in [7, 11) is 0. The van der Waals surface area contributed by atoms with Crippen molar-refractivity contribution in [3.05, 3.63) is 59.4 Å². The lowest BCUT2D eigenvalue weighted by Crippen LogP contribution is -2.18. The highest BCUT2D eigenvalue weighted by Gasteiger charge is 2.34. The molecule has 0 radical (unpaired) electrons. The van der Waals surface area contributed by atoms with Crippen molar-refractivity contribution in [2.75, 3.05) is 11.1 Å². The fourth-order valence-electron chi connectivity index (χ4n) is 1.81. The summed E-state index contributed by atoms with van der Waals surface area (Å²) in [6.07, 6.45) is -4.66. The maximum Gasteiger partial charge on any atom is 0.417 e. The van der Waals surface area contributed by atoms with Crippen LogP contribution in [0.3, 0.4) is 0 Å². The molecular formula is C14H10F4N2O. The van der Waals surface area contributed by atoms with Crippen LogP contribution in [0.2, 0.25) is 0 Å². The van der Waals surface area contributed by atoms with Crippen LogP contribution in [0.25, 0.3) is 0 Å². The summed E-state index contributed by atoms with van der Waals surface area (Å²) in [5, 5.41) is 2.19. The summed E-state index contributed by atoms with van der Waals surface area (Å²) in [6.45, 7) is 0. The number of benzene rings is 2. The van der Waals surface area contributed by atoms with Crippen molar-refractivity contribution < 1.29 is 22.4 Å². The van der Waals surface area contributed by atoms with Crippen molar-refractivity contribution in [2.45, 2.75) is 6.18 Å². The van der Waals surface area contributed by atoms with Crippen molar-refractivity contribution in [1.29, 1.82) is 0 Å². The van der Waals surface area contributed by atoms with Crippen LogP contribution < -0.4 is 11.1 Å². The van der Waals surface area contributed by atoms with E-state index in [1.54, 1.807) is 0 Å². The van der Waals surface area contributed by atoms with E-state index in [2.05, 4.69) is 5.32 Å². The molecule has 2 rings (SSSR count). The highest BCUT2D eigenvalue weighted by atomic mass is 19.4. The zero-order valence-corrected chi connectivity index (χ0v) is 10.5. The van der Waals surface area contributed by atoms with Crippen molar-refractivity contribution in [3.63, 3.8) is 0 Å². The van der Waals surface area contributed by atoms with Crippen LogP contribution in [-0.2, 0) is 6.18 Å². The van der Waals surface area contributed by atoms with E-state index in [0.29, 0.717) is 0 Å². The Morgan fingerprint density at radius 3 is 2.38 bits per heavy atom. The number of carbonyl (C=O) groups excluding carboxylic acids is 1. The molecule has 7 heteroatoms. The molecule has 0 fully saturated rings. The Bertz CT molecular complexity index is 663. The summed E-state index contributed by atoms with van der Waals surface area (Å²) < 4.78 is 51.6. The highest BCUT2D eigenvalue weighted by Crippen LogP contribution is 2.32. The average Bonchev–Trinajstić information content (AvgIpc) is 2.36. The number of rotatable bonds is 2. The van der Waals surface area contributed by atoms with E-state index in [0.717, 1.165) is 24.3 Å². The molecule has 0 atom stereocenters. The normalized spacial score (nSPS) is 11.2. The number of nitrogen functional groups attached to an aromatic ring is 1. The minimum Gasteiger partial charge on any atom is -0.399 e. The first-order valence-electron chi connectivity index (χ1n) is 5.81. The number of carbonyl (C=O) groups is 1. The van der Waals surface area contributed by atoms with Crippen LogP contribution in [0, 0.1) is 5.82 Å². The number of nitrogens with two attached hydrogens (primary N) is 1. The number of alkyl halides is 3.